The summed E-state index contributed by atoms with van der Waals surface area (Å²) in [6, 6.07) is 14.9. The number of hydrogen-bond donors (Lipinski definition) is 0. The molecule has 3 aliphatic rings. The first-order valence-corrected chi connectivity index (χ1v) is 10.4. The number of amides is 1. The quantitative estimate of drug-likeness (QED) is 0.805. The van der Waals surface area contributed by atoms with Crippen molar-refractivity contribution in [1.29, 1.82) is 0 Å². The van der Waals surface area contributed by atoms with Gasteiger partial charge in [0.15, 0.2) is 0 Å². The molecule has 3 nitrogen and oxygen atoms in total. The van der Waals surface area contributed by atoms with Crippen molar-refractivity contribution < 1.29 is 9.18 Å². The lowest BCUT2D eigenvalue weighted by atomic mass is 9.86. The van der Waals surface area contributed by atoms with Crippen LogP contribution in [0.4, 0.5) is 4.39 Å². The van der Waals surface area contributed by atoms with Crippen LogP contribution in [0, 0.1) is 17.2 Å². The van der Waals surface area contributed by atoms with Gasteiger partial charge in [0, 0.05) is 26.1 Å². The Bertz CT molecular complexity index is 890. The third-order valence-electron chi connectivity index (χ3n) is 7.09. The van der Waals surface area contributed by atoms with Gasteiger partial charge in [0.1, 0.15) is 5.82 Å². The topological polar surface area (TPSA) is 23.6 Å². The third kappa shape index (κ3) is 3.04. The van der Waals surface area contributed by atoms with E-state index >= 15 is 0 Å². The fourth-order valence-corrected chi connectivity index (χ4v) is 5.48. The van der Waals surface area contributed by atoms with Gasteiger partial charge >= 0.3 is 0 Å². The molecule has 2 unspecified atom stereocenters. The molecular weight excluding hydrogens is 351 g/mol. The van der Waals surface area contributed by atoms with Crippen LogP contribution >= 0.6 is 0 Å². The summed E-state index contributed by atoms with van der Waals surface area (Å²) in [5.74, 6) is 0.474. The molecule has 2 heterocycles. The van der Waals surface area contributed by atoms with Crippen LogP contribution in [0.25, 0.3) is 0 Å². The molecule has 1 spiro atoms. The monoisotopic (exact) mass is 378 g/mol. The zero-order valence-corrected chi connectivity index (χ0v) is 16.4. The molecule has 5 rings (SSSR count). The first-order chi connectivity index (χ1) is 13.6. The number of rotatable bonds is 3. The molecule has 1 aliphatic carbocycles. The molecular formula is C24H27FN2O. The molecule has 2 aliphatic heterocycles. The van der Waals surface area contributed by atoms with Crippen molar-refractivity contribution in [3.05, 3.63) is 71.0 Å². The maximum Gasteiger partial charge on any atom is 0.223 e. The molecule has 0 radical (unpaired) electrons. The Balaban J connectivity index is 1.45. The van der Waals surface area contributed by atoms with Gasteiger partial charge in [-0.1, -0.05) is 36.4 Å². The van der Waals surface area contributed by atoms with Gasteiger partial charge in [0.25, 0.3) is 0 Å². The molecule has 0 aromatic heterocycles. The van der Waals surface area contributed by atoms with Gasteiger partial charge < -0.3 is 9.80 Å². The molecule has 1 saturated carbocycles. The SMILES string of the molecule is CN1CC(CC(=O)N2CCc3ccccc3C2c2ccc(F)cc2)C2(CC2)C1. The average Bonchev–Trinajstić information content (AvgIpc) is 3.40. The van der Waals surface area contributed by atoms with E-state index in [2.05, 4.69) is 30.1 Å². The molecule has 0 N–H and O–H groups in total. The van der Waals surface area contributed by atoms with E-state index in [0.29, 0.717) is 17.8 Å². The van der Waals surface area contributed by atoms with Crippen LogP contribution < -0.4 is 0 Å². The summed E-state index contributed by atoms with van der Waals surface area (Å²) in [5.41, 5.74) is 3.86. The smallest absolute Gasteiger partial charge is 0.223 e. The number of carbonyl (C=O) groups is 1. The van der Waals surface area contributed by atoms with E-state index in [0.717, 1.165) is 31.6 Å². The van der Waals surface area contributed by atoms with Crippen LogP contribution in [-0.4, -0.2) is 42.4 Å². The third-order valence-corrected chi connectivity index (χ3v) is 7.09. The second-order valence-corrected chi connectivity index (χ2v) is 8.95. The molecule has 1 saturated heterocycles. The van der Waals surface area contributed by atoms with Crippen LogP contribution in [0.3, 0.4) is 0 Å². The van der Waals surface area contributed by atoms with E-state index in [1.807, 2.05) is 23.1 Å². The van der Waals surface area contributed by atoms with Crippen molar-refractivity contribution in [3.63, 3.8) is 0 Å². The predicted octanol–water partition coefficient (Wildman–Crippen LogP) is 4.03. The minimum absolute atomic E-state index is 0.118. The zero-order valence-electron chi connectivity index (χ0n) is 16.4. The highest BCUT2D eigenvalue weighted by molar-refractivity contribution is 5.78. The molecule has 146 valence electrons. The highest BCUT2D eigenvalue weighted by Gasteiger charge is 2.54. The minimum atomic E-state index is -0.240. The van der Waals surface area contributed by atoms with Crippen molar-refractivity contribution in [2.45, 2.75) is 31.7 Å². The number of benzene rings is 2. The van der Waals surface area contributed by atoms with Gasteiger partial charge in [-0.2, -0.15) is 0 Å². The van der Waals surface area contributed by atoms with Crippen molar-refractivity contribution in [2.24, 2.45) is 11.3 Å². The maximum absolute atomic E-state index is 13.5. The lowest BCUT2D eigenvalue weighted by Crippen LogP contribution is -2.41. The summed E-state index contributed by atoms with van der Waals surface area (Å²) in [6.07, 6.45) is 4.04. The van der Waals surface area contributed by atoms with Gasteiger partial charge in [0.05, 0.1) is 6.04 Å². The second kappa shape index (κ2) is 6.70. The van der Waals surface area contributed by atoms with Gasteiger partial charge in [-0.3, -0.25) is 4.79 Å². The number of hydrogen-bond acceptors (Lipinski definition) is 2. The number of fused-ring (bicyclic) bond motifs is 1. The zero-order chi connectivity index (χ0) is 19.3. The Morgan fingerprint density at radius 1 is 1.14 bits per heavy atom. The van der Waals surface area contributed by atoms with E-state index in [4.69, 9.17) is 0 Å². The van der Waals surface area contributed by atoms with Gasteiger partial charge in [-0.05, 0) is 66.5 Å². The van der Waals surface area contributed by atoms with E-state index in [-0.39, 0.29) is 17.8 Å². The Hall–Kier alpha value is -2.20. The highest BCUT2D eigenvalue weighted by atomic mass is 19.1. The molecule has 0 bridgehead atoms. The Morgan fingerprint density at radius 2 is 1.89 bits per heavy atom. The molecule has 4 heteroatoms. The van der Waals surface area contributed by atoms with Crippen LogP contribution in [0.5, 0.6) is 0 Å². The molecule has 2 aromatic carbocycles. The number of halogens is 1. The molecule has 2 fully saturated rings. The van der Waals surface area contributed by atoms with Crippen molar-refractivity contribution in [1.82, 2.24) is 9.80 Å². The lowest BCUT2D eigenvalue weighted by molar-refractivity contribution is -0.134. The van der Waals surface area contributed by atoms with E-state index in [9.17, 15) is 9.18 Å². The van der Waals surface area contributed by atoms with Crippen molar-refractivity contribution >= 4 is 5.91 Å². The largest absolute Gasteiger partial charge is 0.331 e. The first kappa shape index (κ1) is 17.9. The van der Waals surface area contributed by atoms with Gasteiger partial charge in [-0.15, -0.1) is 0 Å². The van der Waals surface area contributed by atoms with Crippen LogP contribution in [0.2, 0.25) is 0 Å². The summed E-state index contributed by atoms with van der Waals surface area (Å²) < 4.78 is 13.5. The first-order valence-electron chi connectivity index (χ1n) is 10.4. The summed E-state index contributed by atoms with van der Waals surface area (Å²) in [7, 11) is 2.17. The number of likely N-dealkylation sites (tertiary alicyclic amines) is 1. The maximum atomic E-state index is 13.5. The number of nitrogens with zero attached hydrogens (tertiary/aromatic N) is 2. The van der Waals surface area contributed by atoms with Crippen molar-refractivity contribution in [3.8, 4) is 0 Å². The van der Waals surface area contributed by atoms with Crippen molar-refractivity contribution in [2.75, 3.05) is 26.7 Å². The Kier molecular flexibility index (Phi) is 4.27. The summed E-state index contributed by atoms with van der Waals surface area (Å²) in [4.78, 5) is 17.9. The lowest BCUT2D eigenvalue weighted by Gasteiger charge is -2.38. The minimum Gasteiger partial charge on any atom is -0.331 e. The van der Waals surface area contributed by atoms with Crippen LogP contribution in [0.15, 0.2) is 48.5 Å². The fourth-order valence-electron chi connectivity index (χ4n) is 5.48. The predicted molar refractivity (Wildman–Crippen MR) is 107 cm³/mol. The van der Waals surface area contributed by atoms with E-state index in [1.54, 1.807) is 0 Å². The summed E-state index contributed by atoms with van der Waals surface area (Å²) in [6.45, 7) is 2.89. The summed E-state index contributed by atoms with van der Waals surface area (Å²) in [5, 5.41) is 0. The summed E-state index contributed by atoms with van der Waals surface area (Å²) >= 11 is 0. The molecule has 1 amide bonds. The normalized spacial score (nSPS) is 25.7. The average molecular weight is 378 g/mol. The van der Waals surface area contributed by atoms with Gasteiger partial charge in [0.2, 0.25) is 5.91 Å². The molecule has 2 aromatic rings. The standard InChI is InChI=1S/C24H27FN2O/c1-26-15-19(24(16-26)11-12-24)14-22(28)27-13-10-17-4-2-3-5-21(17)23(27)18-6-8-20(25)9-7-18/h2-9,19,23H,10-16H2,1H3. The molecule has 2 atom stereocenters. The second-order valence-electron chi connectivity index (χ2n) is 8.95. The highest BCUT2D eigenvalue weighted by Crippen LogP contribution is 2.57. The van der Waals surface area contributed by atoms with E-state index in [1.165, 1.54) is 36.1 Å². The fraction of sp³-hybridized carbons (Fsp3) is 0.458. The Morgan fingerprint density at radius 3 is 2.64 bits per heavy atom. The van der Waals surface area contributed by atoms with Gasteiger partial charge in [-0.25, -0.2) is 4.39 Å². The van der Waals surface area contributed by atoms with E-state index < -0.39 is 0 Å². The molecule has 28 heavy (non-hydrogen) atoms. The van der Waals surface area contributed by atoms with Crippen LogP contribution in [0.1, 0.15) is 42.0 Å². The number of carbonyl (C=O) groups excluding carboxylic acids is 1. The van der Waals surface area contributed by atoms with Crippen LogP contribution in [-0.2, 0) is 11.2 Å². The Labute approximate surface area is 166 Å².